The Hall–Kier alpha value is -1.67. The lowest BCUT2D eigenvalue weighted by Gasteiger charge is -2.19. The van der Waals surface area contributed by atoms with Crippen molar-refractivity contribution in [2.45, 2.75) is 37.4 Å². The number of furan rings is 1. The van der Waals surface area contributed by atoms with Crippen molar-refractivity contribution in [1.82, 2.24) is 10.0 Å². The van der Waals surface area contributed by atoms with Gasteiger partial charge in [0.1, 0.15) is 5.76 Å². The monoisotopic (exact) mass is 338 g/mol. The van der Waals surface area contributed by atoms with E-state index in [1.807, 2.05) is 13.8 Å². The van der Waals surface area contributed by atoms with Crippen LogP contribution in [0.1, 0.15) is 31.2 Å². The van der Waals surface area contributed by atoms with Crippen molar-refractivity contribution in [3.63, 3.8) is 0 Å². The highest BCUT2D eigenvalue weighted by Crippen LogP contribution is 2.17. The highest BCUT2D eigenvalue weighted by atomic mass is 32.2. The molecule has 0 amide bonds. The van der Waals surface area contributed by atoms with Crippen LogP contribution in [-0.4, -0.2) is 26.2 Å². The number of benzene rings is 1. The van der Waals surface area contributed by atoms with Gasteiger partial charge in [0.25, 0.3) is 0 Å². The summed E-state index contributed by atoms with van der Waals surface area (Å²) in [5, 5.41) is 12.3. The minimum atomic E-state index is -3.58. The van der Waals surface area contributed by atoms with Crippen molar-refractivity contribution in [2.75, 3.05) is 6.61 Å². The van der Waals surface area contributed by atoms with Crippen LogP contribution in [0.2, 0.25) is 0 Å². The molecule has 1 heterocycles. The van der Waals surface area contributed by atoms with Crippen LogP contribution in [0.15, 0.2) is 52.0 Å². The zero-order valence-electron chi connectivity index (χ0n) is 13.2. The Balaban J connectivity index is 2.02. The Labute approximate surface area is 136 Å². The van der Waals surface area contributed by atoms with Crippen LogP contribution in [0.5, 0.6) is 0 Å². The van der Waals surface area contributed by atoms with E-state index >= 15 is 0 Å². The van der Waals surface area contributed by atoms with E-state index in [2.05, 4.69) is 10.0 Å². The number of aliphatic hydroxyl groups excluding tert-OH is 1. The van der Waals surface area contributed by atoms with Crippen molar-refractivity contribution in [2.24, 2.45) is 0 Å². The fourth-order valence-corrected chi connectivity index (χ4v) is 3.17. The van der Waals surface area contributed by atoms with E-state index in [9.17, 15) is 8.42 Å². The summed E-state index contributed by atoms with van der Waals surface area (Å²) in [6.07, 6.45) is 1.50. The Morgan fingerprint density at radius 2 is 1.87 bits per heavy atom. The normalized spacial score (nSPS) is 14.6. The van der Waals surface area contributed by atoms with Gasteiger partial charge in [-0.25, -0.2) is 13.1 Å². The first kappa shape index (κ1) is 17.7. The molecule has 7 heteroatoms. The van der Waals surface area contributed by atoms with Gasteiger partial charge in [0.15, 0.2) is 0 Å². The Kier molecular flexibility index (Phi) is 5.95. The molecule has 0 saturated heterocycles. The van der Waals surface area contributed by atoms with Crippen LogP contribution in [0.25, 0.3) is 0 Å². The second-order valence-electron chi connectivity index (χ2n) is 5.44. The molecule has 0 aliphatic carbocycles. The van der Waals surface area contributed by atoms with Gasteiger partial charge in [-0.1, -0.05) is 12.1 Å². The molecule has 2 rings (SSSR count). The Bertz CT molecular complexity index is 696. The average molecular weight is 338 g/mol. The lowest BCUT2D eigenvalue weighted by molar-refractivity contribution is 0.243. The first-order valence-electron chi connectivity index (χ1n) is 7.41. The van der Waals surface area contributed by atoms with Gasteiger partial charge in [-0.15, -0.1) is 0 Å². The van der Waals surface area contributed by atoms with Gasteiger partial charge in [0, 0.05) is 12.1 Å². The molecule has 2 atom stereocenters. The first-order valence-corrected chi connectivity index (χ1v) is 8.89. The second-order valence-corrected chi connectivity index (χ2v) is 7.21. The van der Waals surface area contributed by atoms with Gasteiger partial charge in [-0.3, -0.25) is 0 Å². The molecule has 0 saturated carbocycles. The number of sulfonamides is 1. The van der Waals surface area contributed by atoms with Gasteiger partial charge in [0.05, 0.1) is 24.3 Å². The van der Waals surface area contributed by atoms with Crippen molar-refractivity contribution in [1.29, 1.82) is 0 Å². The summed E-state index contributed by atoms with van der Waals surface area (Å²) < 4.78 is 32.1. The predicted octanol–water partition coefficient (Wildman–Crippen LogP) is 1.79. The van der Waals surface area contributed by atoms with Crippen LogP contribution in [-0.2, 0) is 16.6 Å². The molecule has 0 spiro atoms. The molecule has 3 N–H and O–H groups in total. The average Bonchev–Trinajstić information content (AvgIpc) is 3.06. The number of aliphatic hydroxyl groups is 1. The van der Waals surface area contributed by atoms with Gasteiger partial charge < -0.3 is 14.8 Å². The summed E-state index contributed by atoms with van der Waals surface area (Å²) in [7, 11) is -3.58. The number of nitrogens with one attached hydrogen (secondary N) is 2. The SMILES string of the molecule is CC(N[C@H](C)CO)c1ccc(S(=O)(=O)NCc2ccco2)cc1. The molecule has 0 fully saturated rings. The highest BCUT2D eigenvalue weighted by molar-refractivity contribution is 7.89. The zero-order valence-corrected chi connectivity index (χ0v) is 14.0. The van der Waals surface area contributed by atoms with Crippen LogP contribution < -0.4 is 10.0 Å². The molecular formula is C16H22N2O4S. The fourth-order valence-electron chi connectivity index (χ4n) is 2.17. The first-order chi connectivity index (χ1) is 10.9. The van der Waals surface area contributed by atoms with Crippen LogP contribution in [0, 0.1) is 0 Å². The predicted molar refractivity (Wildman–Crippen MR) is 87.3 cm³/mol. The summed E-state index contributed by atoms with van der Waals surface area (Å²) in [6.45, 7) is 4.01. The topological polar surface area (TPSA) is 91.6 Å². The fraction of sp³-hybridized carbons (Fsp3) is 0.375. The summed E-state index contributed by atoms with van der Waals surface area (Å²) in [4.78, 5) is 0.204. The van der Waals surface area contributed by atoms with E-state index in [1.165, 1.54) is 6.26 Å². The van der Waals surface area contributed by atoms with Crippen LogP contribution in [0.3, 0.4) is 0 Å². The summed E-state index contributed by atoms with van der Waals surface area (Å²) in [5.74, 6) is 0.556. The second kappa shape index (κ2) is 7.74. The van der Waals surface area contributed by atoms with Gasteiger partial charge in [-0.2, -0.15) is 0 Å². The molecule has 0 radical (unpaired) electrons. The summed E-state index contributed by atoms with van der Waals surface area (Å²) >= 11 is 0. The standard InChI is InChI=1S/C16H22N2O4S/c1-12(11-19)18-13(2)14-5-7-16(8-6-14)23(20,21)17-10-15-4-3-9-22-15/h3-9,12-13,17-19H,10-11H2,1-2H3/t12-,13?/m1/s1. The molecular weight excluding hydrogens is 316 g/mol. The van der Waals surface area contributed by atoms with E-state index in [0.717, 1.165) is 5.56 Å². The van der Waals surface area contributed by atoms with Crippen molar-refractivity contribution in [3.05, 3.63) is 54.0 Å². The summed E-state index contributed by atoms with van der Waals surface area (Å²) in [6, 6.07) is 10.1. The lowest BCUT2D eigenvalue weighted by atomic mass is 10.1. The third-order valence-electron chi connectivity index (χ3n) is 3.52. The number of hydrogen-bond acceptors (Lipinski definition) is 5. The summed E-state index contributed by atoms with van der Waals surface area (Å²) in [5.41, 5.74) is 0.954. The molecule has 6 nitrogen and oxygen atoms in total. The molecule has 0 bridgehead atoms. The van der Waals surface area contributed by atoms with E-state index in [1.54, 1.807) is 36.4 Å². The van der Waals surface area contributed by atoms with Gasteiger partial charge in [0.2, 0.25) is 10.0 Å². The number of rotatable bonds is 8. The van der Waals surface area contributed by atoms with Crippen molar-refractivity contribution >= 4 is 10.0 Å². The van der Waals surface area contributed by atoms with E-state index in [0.29, 0.717) is 5.76 Å². The maximum atomic E-state index is 12.2. The minimum Gasteiger partial charge on any atom is -0.468 e. The molecule has 126 valence electrons. The Morgan fingerprint density at radius 3 is 2.43 bits per heavy atom. The van der Waals surface area contributed by atoms with E-state index < -0.39 is 10.0 Å². The smallest absolute Gasteiger partial charge is 0.240 e. The highest BCUT2D eigenvalue weighted by Gasteiger charge is 2.15. The maximum Gasteiger partial charge on any atom is 0.240 e. The Morgan fingerprint density at radius 1 is 1.17 bits per heavy atom. The van der Waals surface area contributed by atoms with Crippen LogP contribution >= 0.6 is 0 Å². The van der Waals surface area contributed by atoms with Crippen molar-refractivity contribution in [3.8, 4) is 0 Å². The third-order valence-corrected chi connectivity index (χ3v) is 4.93. The van der Waals surface area contributed by atoms with Crippen LogP contribution in [0.4, 0.5) is 0 Å². The molecule has 1 aromatic heterocycles. The molecule has 1 unspecified atom stereocenters. The molecule has 2 aromatic rings. The van der Waals surface area contributed by atoms with Crippen molar-refractivity contribution < 1.29 is 17.9 Å². The molecule has 0 aliphatic rings. The molecule has 0 aliphatic heterocycles. The minimum absolute atomic E-state index is 0.0185. The quantitative estimate of drug-likeness (QED) is 0.682. The van der Waals surface area contributed by atoms with E-state index in [-0.39, 0.29) is 30.1 Å². The zero-order chi connectivity index (χ0) is 16.9. The van der Waals surface area contributed by atoms with Gasteiger partial charge >= 0.3 is 0 Å². The largest absolute Gasteiger partial charge is 0.468 e. The third kappa shape index (κ3) is 4.90. The molecule has 23 heavy (non-hydrogen) atoms. The number of hydrogen-bond donors (Lipinski definition) is 3. The van der Waals surface area contributed by atoms with E-state index in [4.69, 9.17) is 9.52 Å². The lowest BCUT2D eigenvalue weighted by Crippen LogP contribution is -2.31. The van der Waals surface area contributed by atoms with Gasteiger partial charge in [-0.05, 0) is 43.7 Å². The molecule has 1 aromatic carbocycles. The maximum absolute atomic E-state index is 12.2.